The van der Waals surface area contributed by atoms with Gasteiger partial charge in [0.2, 0.25) is 0 Å². The molecule has 12 rings (SSSR count). The van der Waals surface area contributed by atoms with Crippen LogP contribution in [0.5, 0.6) is 0 Å². The number of rotatable bonds is 6. The Kier molecular flexibility index (Phi) is 7.60. The second-order valence-corrected chi connectivity index (χ2v) is 15.6. The van der Waals surface area contributed by atoms with Crippen LogP contribution in [0.4, 0.5) is 22.7 Å². The molecule has 12 nitrogen and oxygen atoms in total. The molecule has 0 bridgehead atoms. The van der Waals surface area contributed by atoms with E-state index in [1.807, 2.05) is 133 Å². The molecule has 8 aromatic rings. The van der Waals surface area contributed by atoms with Gasteiger partial charge in [0.15, 0.2) is 0 Å². The normalized spacial score (nSPS) is 13.9. The third-order valence-electron chi connectivity index (χ3n) is 12.9. The smallest absolute Gasteiger partial charge is 0.258 e. The molecule has 296 valence electrons. The standard InChI is InChI=1S/2C25H14N2O4/c2*28-26(29)15-12-13-22(23(14-15)27(30)31)25-20-10-3-1-6-16(20)18-8-5-9-19(24(18)25)17-7-2-4-11-21(17)25/h2*1-14H. The maximum absolute atomic E-state index is 12.1. The highest BCUT2D eigenvalue weighted by atomic mass is 16.6. The van der Waals surface area contributed by atoms with Crippen LogP contribution in [0.15, 0.2) is 170 Å². The van der Waals surface area contributed by atoms with Gasteiger partial charge in [-0.1, -0.05) is 133 Å². The van der Waals surface area contributed by atoms with Crippen molar-refractivity contribution in [1.29, 1.82) is 0 Å². The Labute approximate surface area is 351 Å². The number of nitrogens with zero attached hydrogens (tertiary/aromatic N) is 4. The molecule has 0 unspecified atom stereocenters. The Morgan fingerprint density at radius 2 is 0.565 bits per heavy atom. The molecule has 0 saturated carbocycles. The highest BCUT2D eigenvalue weighted by Gasteiger charge is 2.56. The number of hydrogen-bond donors (Lipinski definition) is 0. The van der Waals surface area contributed by atoms with E-state index in [0.29, 0.717) is 11.1 Å². The van der Waals surface area contributed by atoms with E-state index < -0.39 is 30.5 Å². The van der Waals surface area contributed by atoms with E-state index in [9.17, 15) is 40.5 Å². The summed E-state index contributed by atoms with van der Waals surface area (Å²) >= 11 is 0. The molecule has 0 aliphatic heterocycles. The Bertz CT molecular complexity index is 3010. The van der Waals surface area contributed by atoms with Gasteiger partial charge in [0, 0.05) is 23.3 Å². The summed E-state index contributed by atoms with van der Waals surface area (Å²) in [6.07, 6.45) is 0. The minimum absolute atomic E-state index is 0.247. The first kappa shape index (κ1) is 36.4. The number of fused-ring (bicyclic) bond motifs is 12. The highest BCUT2D eigenvalue weighted by Crippen LogP contribution is 2.67. The molecule has 12 heteroatoms. The number of hydrogen-bond acceptors (Lipinski definition) is 8. The molecule has 4 aliphatic rings. The minimum atomic E-state index is -0.892. The molecule has 4 aliphatic carbocycles. The molecule has 0 saturated heterocycles. The lowest BCUT2D eigenvalue weighted by molar-refractivity contribution is -0.395. The van der Waals surface area contributed by atoms with Gasteiger partial charge in [0.25, 0.3) is 22.7 Å². The van der Waals surface area contributed by atoms with Crippen molar-refractivity contribution in [2.24, 2.45) is 0 Å². The van der Waals surface area contributed by atoms with Crippen LogP contribution < -0.4 is 0 Å². The summed E-state index contributed by atoms with van der Waals surface area (Å²) in [5, 5.41) is 47.0. The van der Waals surface area contributed by atoms with Crippen LogP contribution in [-0.4, -0.2) is 19.7 Å². The molecule has 0 atom stereocenters. The van der Waals surface area contributed by atoms with Gasteiger partial charge in [-0.3, -0.25) is 40.5 Å². The summed E-state index contributed by atoms with van der Waals surface area (Å²) in [6.45, 7) is 0. The predicted octanol–water partition coefficient (Wildman–Crippen LogP) is 11.7. The van der Waals surface area contributed by atoms with E-state index in [1.165, 1.54) is 12.1 Å². The van der Waals surface area contributed by atoms with Crippen molar-refractivity contribution in [3.63, 3.8) is 0 Å². The molecule has 0 spiro atoms. The zero-order valence-electron chi connectivity index (χ0n) is 32.2. The number of non-ortho nitro benzene ring substituents is 2. The second kappa shape index (κ2) is 12.9. The maximum Gasteiger partial charge on any atom is 0.281 e. The molecule has 62 heavy (non-hydrogen) atoms. The first-order valence-electron chi connectivity index (χ1n) is 19.6. The summed E-state index contributed by atoms with van der Waals surface area (Å²) in [4.78, 5) is 44.8. The predicted molar refractivity (Wildman–Crippen MR) is 232 cm³/mol. The second-order valence-electron chi connectivity index (χ2n) is 15.6. The average molecular weight is 813 g/mol. The van der Waals surface area contributed by atoms with Crippen molar-refractivity contribution < 1.29 is 19.7 Å². The van der Waals surface area contributed by atoms with Gasteiger partial charge in [0.05, 0.1) is 42.7 Å². The first-order chi connectivity index (χ1) is 30.1. The molecule has 0 fully saturated rings. The fourth-order valence-corrected chi connectivity index (χ4v) is 10.9. The third kappa shape index (κ3) is 4.54. The molecular weight excluding hydrogens is 785 g/mol. The van der Waals surface area contributed by atoms with Crippen LogP contribution in [0.25, 0.3) is 44.5 Å². The quantitative estimate of drug-likeness (QED) is 0.118. The van der Waals surface area contributed by atoms with Gasteiger partial charge in [-0.05, 0) is 90.0 Å². The Morgan fingerprint density at radius 3 is 0.839 bits per heavy atom. The monoisotopic (exact) mass is 812 g/mol. The topological polar surface area (TPSA) is 173 Å². The summed E-state index contributed by atoms with van der Waals surface area (Å²) in [7, 11) is 0. The van der Waals surface area contributed by atoms with E-state index in [0.717, 1.165) is 90.0 Å². The van der Waals surface area contributed by atoms with Crippen LogP contribution in [0, 0.1) is 40.5 Å². The van der Waals surface area contributed by atoms with Crippen molar-refractivity contribution in [3.05, 3.63) is 255 Å². The highest BCUT2D eigenvalue weighted by molar-refractivity contribution is 6.01. The number of nitro benzene ring substituents is 4. The molecule has 0 heterocycles. The SMILES string of the molecule is O=[N+]([O-])c1ccc(C23c4ccccc4-c4cccc(c42)-c2ccccc23)c([N+](=O)[O-])c1.O=[N+]([O-])c1ccc(C23c4ccccc4-c4cccc(c42)-c2ccccc23)c([N+](=O)[O-])c1. The first-order valence-corrected chi connectivity index (χ1v) is 19.6. The van der Waals surface area contributed by atoms with Crippen LogP contribution >= 0.6 is 0 Å². The van der Waals surface area contributed by atoms with Gasteiger partial charge in [-0.15, -0.1) is 0 Å². The van der Waals surface area contributed by atoms with E-state index in [4.69, 9.17) is 0 Å². The van der Waals surface area contributed by atoms with Gasteiger partial charge in [0.1, 0.15) is 0 Å². The van der Waals surface area contributed by atoms with Gasteiger partial charge >= 0.3 is 0 Å². The molecule has 0 radical (unpaired) electrons. The van der Waals surface area contributed by atoms with Gasteiger partial charge in [-0.2, -0.15) is 0 Å². The minimum Gasteiger partial charge on any atom is -0.258 e. The summed E-state index contributed by atoms with van der Waals surface area (Å²) in [6, 6.07) is 51.9. The zero-order valence-corrected chi connectivity index (χ0v) is 32.2. The van der Waals surface area contributed by atoms with Crippen LogP contribution in [0.1, 0.15) is 44.5 Å². The lowest BCUT2D eigenvalue weighted by Crippen LogP contribution is -2.27. The van der Waals surface area contributed by atoms with Crippen molar-refractivity contribution in [2.75, 3.05) is 0 Å². The van der Waals surface area contributed by atoms with Crippen molar-refractivity contribution >= 4 is 22.7 Å². The number of benzene rings is 8. The van der Waals surface area contributed by atoms with Crippen LogP contribution in [0.2, 0.25) is 0 Å². The largest absolute Gasteiger partial charge is 0.281 e. The lowest BCUT2D eigenvalue weighted by Gasteiger charge is -2.30. The van der Waals surface area contributed by atoms with Crippen LogP contribution in [-0.2, 0) is 10.8 Å². The molecule has 0 amide bonds. The zero-order chi connectivity index (χ0) is 42.7. The maximum atomic E-state index is 12.1. The van der Waals surface area contributed by atoms with Crippen molar-refractivity contribution in [1.82, 2.24) is 0 Å². The average Bonchev–Trinajstić information content (AvgIpc) is 3.98. The van der Waals surface area contributed by atoms with Gasteiger partial charge < -0.3 is 0 Å². The summed E-state index contributed by atoms with van der Waals surface area (Å²) in [5.41, 5.74) is 12.2. The van der Waals surface area contributed by atoms with E-state index in [2.05, 4.69) is 0 Å². The Morgan fingerprint density at radius 1 is 0.290 bits per heavy atom. The van der Waals surface area contributed by atoms with E-state index in [-0.39, 0.29) is 22.7 Å². The van der Waals surface area contributed by atoms with Crippen molar-refractivity contribution in [3.8, 4) is 44.5 Å². The summed E-state index contributed by atoms with van der Waals surface area (Å²) < 4.78 is 0. The lowest BCUT2D eigenvalue weighted by atomic mass is 9.69. The fourth-order valence-electron chi connectivity index (χ4n) is 10.9. The van der Waals surface area contributed by atoms with Crippen molar-refractivity contribution in [2.45, 2.75) is 10.8 Å². The van der Waals surface area contributed by atoms with E-state index >= 15 is 0 Å². The Hall–Kier alpha value is -8.64. The molecule has 0 N–H and O–H groups in total. The molecular formula is C50H28N4O8. The molecule has 0 aromatic heterocycles. The van der Waals surface area contributed by atoms with Gasteiger partial charge in [-0.25, -0.2) is 0 Å². The fraction of sp³-hybridized carbons (Fsp3) is 0.0400. The number of nitro groups is 4. The summed E-state index contributed by atoms with van der Waals surface area (Å²) in [5.74, 6) is 0. The van der Waals surface area contributed by atoms with E-state index in [1.54, 1.807) is 12.1 Å². The molecule has 8 aromatic carbocycles. The third-order valence-corrected chi connectivity index (χ3v) is 12.9. The Balaban J connectivity index is 0.000000139. The van der Waals surface area contributed by atoms with Crippen LogP contribution in [0.3, 0.4) is 0 Å².